The standard InChI is InChI=1S/C19H14ClNO5S/c1-11(22)26-15-8-3-12(9-16(15)25-2)10-17-18(23)21(19(24)27-17)14-6-4-13(20)5-7-14/h3-10H,1-2H3/b17-10+. The lowest BCUT2D eigenvalue weighted by Crippen LogP contribution is -2.27. The molecule has 1 aliphatic heterocycles. The summed E-state index contributed by atoms with van der Waals surface area (Å²) >= 11 is 6.70. The summed E-state index contributed by atoms with van der Waals surface area (Å²) in [5.41, 5.74) is 1.08. The summed E-state index contributed by atoms with van der Waals surface area (Å²) in [6.45, 7) is 1.29. The molecule has 0 aliphatic carbocycles. The van der Waals surface area contributed by atoms with E-state index in [1.165, 1.54) is 14.0 Å². The van der Waals surface area contributed by atoms with Crippen LogP contribution in [0.5, 0.6) is 11.5 Å². The van der Waals surface area contributed by atoms with Gasteiger partial charge < -0.3 is 9.47 Å². The molecule has 0 bridgehead atoms. The van der Waals surface area contributed by atoms with Crippen molar-refractivity contribution in [3.05, 3.63) is 58.0 Å². The third-order valence-electron chi connectivity index (χ3n) is 3.62. The highest BCUT2D eigenvalue weighted by Crippen LogP contribution is 2.37. The number of carbonyl (C=O) groups is 3. The molecule has 0 atom stereocenters. The van der Waals surface area contributed by atoms with Gasteiger partial charge in [-0.15, -0.1) is 0 Å². The molecular formula is C19H14ClNO5S. The van der Waals surface area contributed by atoms with E-state index in [9.17, 15) is 14.4 Å². The van der Waals surface area contributed by atoms with Gasteiger partial charge in [-0.25, -0.2) is 4.90 Å². The zero-order chi connectivity index (χ0) is 19.6. The number of carbonyl (C=O) groups excluding carboxylic acids is 3. The summed E-state index contributed by atoms with van der Waals surface area (Å²) in [6.07, 6.45) is 1.58. The minimum Gasteiger partial charge on any atom is -0.493 e. The maximum absolute atomic E-state index is 12.7. The van der Waals surface area contributed by atoms with Crippen LogP contribution in [0.2, 0.25) is 5.02 Å². The van der Waals surface area contributed by atoms with Crippen molar-refractivity contribution in [3.63, 3.8) is 0 Å². The first-order valence-electron chi connectivity index (χ1n) is 7.79. The molecule has 0 aromatic heterocycles. The van der Waals surface area contributed by atoms with Crippen LogP contribution in [-0.4, -0.2) is 24.2 Å². The van der Waals surface area contributed by atoms with Gasteiger partial charge in [0.05, 0.1) is 17.7 Å². The number of imide groups is 1. The third-order valence-corrected chi connectivity index (χ3v) is 4.74. The SMILES string of the molecule is COc1cc(/C=C2/SC(=O)N(c3ccc(Cl)cc3)C2=O)ccc1OC(C)=O. The number of halogens is 1. The fourth-order valence-corrected chi connectivity index (χ4v) is 3.41. The van der Waals surface area contributed by atoms with Crippen molar-refractivity contribution in [2.45, 2.75) is 6.92 Å². The number of ether oxygens (including phenoxy) is 2. The number of anilines is 1. The van der Waals surface area contributed by atoms with Gasteiger partial charge in [0.25, 0.3) is 11.1 Å². The summed E-state index contributed by atoms with van der Waals surface area (Å²) in [6, 6.07) is 11.3. The van der Waals surface area contributed by atoms with Crippen molar-refractivity contribution < 1.29 is 23.9 Å². The number of nitrogens with zero attached hydrogens (tertiary/aromatic N) is 1. The fourth-order valence-electron chi connectivity index (χ4n) is 2.44. The smallest absolute Gasteiger partial charge is 0.308 e. The predicted octanol–water partition coefficient (Wildman–Crippen LogP) is 4.51. The van der Waals surface area contributed by atoms with Crippen LogP contribution < -0.4 is 14.4 Å². The maximum atomic E-state index is 12.7. The fraction of sp³-hybridized carbons (Fsp3) is 0.105. The van der Waals surface area contributed by atoms with Crippen LogP contribution in [0.15, 0.2) is 47.4 Å². The molecule has 1 saturated heterocycles. The van der Waals surface area contributed by atoms with Crippen LogP contribution in [0.4, 0.5) is 10.5 Å². The molecule has 0 saturated carbocycles. The summed E-state index contributed by atoms with van der Waals surface area (Å²) in [4.78, 5) is 37.4. The van der Waals surface area contributed by atoms with E-state index >= 15 is 0 Å². The minimum atomic E-state index is -0.467. The van der Waals surface area contributed by atoms with E-state index in [2.05, 4.69) is 0 Å². The van der Waals surface area contributed by atoms with Gasteiger partial charge in [-0.05, 0) is 59.8 Å². The topological polar surface area (TPSA) is 72.9 Å². The summed E-state index contributed by atoms with van der Waals surface area (Å²) in [7, 11) is 1.44. The number of amides is 2. The number of hydrogen-bond acceptors (Lipinski definition) is 6. The van der Waals surface area contributed by atoms with E-state index in [-0.39, 0.29) is 10.7 Å². The number of rotatable bonds is 4. The van der Waals surface area contributed by atoms with Gasteiger partial charge >= 0.3 is 5.97 Å². The maximum Gasteiger partial charge on any atom is 0.308 e. The Labute approximate surface area is 164 Å². The highest BCUT2D eigenvalue weighted by atomic mass is 35.5. The van der Waals surface area contributed by atoms with Crippen LogP contribution in [0.3, 0.4) is 0 Å². The molecular weight excluding hydrogens is 390 g/mol. The van der Waals surface area contributed by atoms with E-state index in [1.54, 1.807) is 48.5 Å². The number of benzene rings is 2. The van der Waals surface area contributed by atoms with E-state index in [1.807, 2.05) is 0 Å². The monoisotopic (exact) mass is 403 g/mol. The van der Waals surface area contributed by atoms with Crippen LogP contribution >= 0.6 is 23.4 Å². The second-order valence-corrected chi connectivity index (χ2v) is 6.93. The number of thioether (sulfide) groups is 1. The first kappa shape index (κ1) is 19.0. The Bertz CT molecular complexity index is 955. The molecule has 138 valence electrons. The zero-order valence-electron chi connectivity index (χ0n) is 14.4. The van der Waals surface area contributed by atoms with Gasteiger partial charge in [0, 0.05) is 11.9 Å². The second kappa shape index (κ2) is 7.85. The Morgan fingerprint density at radius 1 is 1.11 bits per heavy atom. The molecule has 27 heavy (non-hydrogen) atoms. The summed E-state index contributed by atoms with van der Waals surface area (Å²) in [5.74, 6) is -0.271. The van der Waals surface area contributed by atoms with Crippen molar-refractivity contribution in [2.75, 3.05) is 12.0 Å². The number of methoxy groups -OCH3 is 1. The van der Waals surface area contributed by atoms with Crippen LogP contribution in [-0.2, 0) is 9.59 Å². The van der Waals surface area contributed by atoms with E-state index in [4.69, 9.17) is 21.1 Å². The van der Waals surface area contributed by atoms with Crippen molar-refractivity contribution in [1.29, 1.82) is 0 Å². The van der Waals surface area contributed by atoms with Crippen molar-refractivity contribution in [1.82, 2.24) is 0 Å². The summed E-state index contributed by atoms with van der Waals surface area (Å²) < 4.78 is 10.3. The molecule has 2 aromatic rings. The van der Waals surface area contributed by atoms with E-state index in [0.29, 0.717) is 22.0 Å². The first-order chi connectivity index (χ1) is 12.9. The average molecular weight is 404 g/mol. The lowest BCUT2D eigenvalue weighted by Gasteiger charge is -2.12. The lowest BCUT2D eigenvalue weighted by atomic mass is 10.2. The molecule has 8 heteroatoms. The Morgan fingerprint density at radius 2 is 1.81 bits per heavy atom. The van der Waals surface area contributed by atoms with Gasteiger partial charge in [0.15, 0.2) is 11.5 Å². The minimum absolute atomic E-state index is 0.274. The molecule has 0 unspecified atom stereocenters. The highest BCUT2D eigenvalue weighted by molar-refractivity contribution is 8.19. The first-order valence-corrected chi connectivity index (χ1v) is 8.98. The molecule has 0 N–H and O–H groups in total. The number of esters is 1. The molecule has 3 rings (SSSR count). The quantitative estimate of drug-likeness (QED) is 0.424. The van der Waals surface area contributed by atoms with E-state index < -0.39 is 17.1 Å². The number of hydrogen-bond donors (Lipinski definition) is 0. The molecule has 0 spiro atoms. The van der Waals surface area contributed by atoms with Crippen LogP contribution in [0.25, 0.3) is 6.08 Å². The van der Waals surface area contributed by atoms with Crippen LogP contribution in [0.1, 0.15) is 12.5 Å². The Morgan fingerprint density at radius 3 is 2.44 bits per heavy atom. The molecule has 1 fully saturated rings. The molecule has 2 aromatic carbocycles. The average Bonchev–Trinajstić information content (AvgIpc) is 2.90. The molecule has 2 amide bonds. The van der Waals surface area contributed by atoms with E-state index in [0.717, 1.165) is 16.7 Å². The zero-order valence-corrected chi connectivity index (χ0v) is 16.0. The normalized spacial score (nSPS) is 15.4. The Balaban J connectivity index is 1.89. The van der Waals surface area contributed by atoms with Gasteiger partial charge in [-0.1, -0.05) is 17.7 Å². The van der Waals surface area contributed by atoms with Gasteiger partial charge in [0.2, 0.25) is 0 Å². The highest BCUT2D eigenvalue weighted by Gasteiger charge is 2.36. The van der Waals surface area contributed by atoms with Crippen LogP contribution in [0, 0.1) is 0 Å². The molecule has 1 heterocycles. The summed E-state index contributed by atoms with van der Waals surface area (Å²) in [5, 5.41) is 0.123. The lowest BCUT2D eigenvalue weighted by molar-refractivity contribution is -0.132. The second-order valence-electron chi connectivity index (χ2n) is 5.50. The van der Waals surface area contributed by atoms with Crippen molar-refractivity contribution in [2.24, 2.45) is 0 Å². The molecule has 1 aliphatic rings. The predicted molar refractivity (Wildman–Crippen MR) is 104 cm³/mol. The molecule has 0 radical (unpaired) electrons. The van der Waals surface area contributed by atoms with Crippen molar-refractivity contribution in [3.8, 4) is 11.5 Å². The third kappa shape index (κ3) is 4.15. The largest absolute Gasteiger partial charge is 0.493 e. The Kier molecular flexibility index (Phi) is 5.53. The van der Waals surface area contributed by atoms with Crippen molar-refractivity contribution >= 4 is 52.2 Å². The van der Waals surface area contributed by atoms with Gasteiger partial charge in [0.1, 0.15) is 0 Å². The van der Waals surface area contributed by atoms with Gasteiger partial charge in [-0.3, -0.25) is 14.4 Å². The Hall–Kier alpha value is -2.77. The molecule has 6 nitrogen and oxygen atoms in total. The van der Waals surface area contributed by atoms with Gasteiger partial charge in [-0.2, -0.15) is 0 Å².